The summed E-state index contributed by atoms with van der Waals surface area (Å²) in [6, 6.07) is 6.30. The van der Waals surface area contributed by atoms with Gasteiger partial charge in [0.25, 0.3) is 0 Å². The number of halogens is 2. The number of aliphatic hydroxyl groups excluding tert-OH is 1. The highest BCUT2D eigenvalue weighted by Gasteiger charge is 2.25. The van der Waals surface area contributed by atoms with E-state index in [2.05, 4.69) is 17.1 Å². The van der Waals surface area contributed by atoms with Crippen LogP contribution in [-0.4, -0.2) is 41.8 Å². The molecule has 2 atom stereocenters. The van der Waals surface area contributed by atoms with Crippen LogP contribution in [0.3, 0.4) is 0 Å². The molecule has 0 aromatic heterocycles. The minimum Gasteiger partial charge on any atom is -0.395 e. The molecule has 0 bridgehead atoms. The number of nitrogens with one attached hydrogen (secondary N) is 1. The average molecular weight is 289 g/mol. The van der Waals surface area contributed by atoms with Crippen molar-refractivity contribution in [1.29, 1.82) is 0 Å². The standard InChI is InChI=1S/C13H18Cl2N2O/c1-9-6-17(11(8-18)5-16-9)7-10-2-3-12(14)13(15)4-10/h2-4,9,11,16,18H,5-8H2,1H3. The molecule has 5 heteroatoms. The first-order chi connectivity index (χ1) is 8.60. The highest BCUT2D eigenvalue weighted by Crippen LogP contribution is 2.24. The summed E-state index contributed by atoms with van der Waals surface area (Å²) in [6.07, 6.45) is 0. The largest absolute Gasteiger partial charge is 0.395 e. The highest BCUT2D eigenvalue weighted by molar-refractivity contribution is 6.42. The lowest BCUT2D eigenvalue weighted by atomic mass is 10.1. The van der Waals surface area contributed by atoms with Crippen LogP contribution in [0.25, 0.3) is 0 Å². The Bertz CT molecular complexity index is 414. The van der Waals surface area contributed by atoms with E-state index in [9.17, 15) is 5.11 Å². The van der Waals surface area contributed by atoms with Crippen molar-refractivity contribution < 1.29 is 5.11 Å². The Labute approximate surface area is 118 Å². The zero-order valence-electron chi connectivity index (χ0n) is 10.4. The smallest absolute Gasteiger partial charge is 0.0599 e. The zero-order valence-corrected chi connectivity index (χ0v) is 11.9. The van der Waals surface area contributed by atoms with Crippen molar-refractivity contribution in [3.8, 4) is 0 Å². The Morgan fingerprint density at radius 3 is 2.83 bits per heavy atom. The van der Waals surface area contributed by atoms with Crippen molar-refractivity contribution in [3.05, 3.63) is 33.8 Å². The molecule has 1 aromatic carbocycles. The van der Waals surface area contributed by atoms with E-state index in [1.165, 1.54) is 0 Å². The van der Waals surface area contributed by atoms with Crippen molar-refractivity contribution >= 4 is 23.2 Å². The monoisotopic (exact) mass is 288 g/mol. The van der Waals surface area contributed by atoms with Crippen LogP contribution in [-0.2, 0) is 6.54 Å². The van der Waals surface area contributed by atoms with Gasteiger partial charge in [0.1, 0.15) is 0 Å². The van der Waals surface area contributed by atoms with Crippen molar-refractivity contribution in [2.45, 2.75) is 25.6 Å². The molecule has 100 valence electrons. The number of piperazine rings is 1. The second-order valence-corrected chi connectivity index (χ2v) is 5.64. The van der Waals surface area contributed by atoms with E-state index in [0.717, 1.165) is 25.2 Å². The molecule has 18 heavy (non-hydrogen) atoms. The molecule has 1 fully saturated rings. The normalized spacial score (nSPS) is 25.3. The first-order valence-electron chi connectivity index (χ1n) is 6.12. The van der Waals surface area contributed by atoms with Gasteiger partial charge in [-0.05, 0) is 24.6 Å². The van der Waals surface area contributed by atoms with Crippen LogP contribution in [0, 0.1) is 0 Å². The third kappa shape index (κ3) is 3.37. The Kier molecular flexibility index (Phi) is 4.87. The summed E-state index contributed by atoms with van der Waals surface area (Å²) in [7, 11) is 0. The molecule has 2 unspecified atom stereocenters. The number of rotatable bonds is 3. The van der Waals surface area contributed by atoms with Gasteiger partial charge in [0.15, 0.2) is 0 Å². The van der Waals surface area contributed by atoms with Gasteiger partial charge in [-0.1, -0.05) is 29.3 Å². The Hall–Kier alpha value is -0.320. The van der Waals surface area contributed by atoms with Crippen molar-refractivity contribution in [2.24, 2.45) is 0 Å². The Morgan fingerprint density at radius 1 is 1.39 bits per heavy atom. The summed E-state index contributed by atoms with van der Waals surface area (Å²) in [6.45, 7) is 4.84. The van der Waals surface area contributed by atoms with Crippen molar-refractivity contribution in [2.75, 3.05) is 19.7 Å². The van der Waals surface area contributed by atoms with Crippen LogP contribution < -0.4 is 5.32 Å². The Morgan fingerprint density at radius 2 is 2.17 bits per heavy atom. The molecule has 0 aliphatic carbocycles. The summed E-state index contributed by atoms with van der Waals surface area (Å²) >= 11 is 11.9. The molecule has 2 rings (SSSR count). The van der Waals surface area contributed by atoms with Crippen LogP contribution in [0.4, 0.5) is 0 Å². The molecule has 1 aromatic rings. The topological polar surface area (TPSA) is 35.5 Å². The molecule has 0 spiro atoms. The van der Waals surface area contributed by atoms with Gasteiger partial charge >= 0.3 is 0 Å². The van der Waals surface area contributed by atoms with E-state index in [1.807, 2.05) is 18.2 Å². The molecule has 0 saturated carbocycles. The fraction of sp³-hybridized carbons (Fsp3) is 0.538. The molecule has 1 saturated heterocycles. The molecule has 2 N–H and O–H groups in total. The average Bonchev–Trinajstić information content (AvgIpc) is 2.34. The van der Waals surface area contributed by atoms with Crippen LogP contribution in [0.5, 0.6) is 0 Å². The van der Waals surface area contributed by atoms with Crippen LogP contribution >= 0.6 is 23.2 Å². The van der Waals surface area contributed by atoms with Gasteiger partial charge in [0, 0.05) is 31.7 Å². The number of benzene rings is 1. The summed E-state index contributed by atoms with van der Waals surface area (Å²) in [4.78, 5) is 2.28. The van der Waals surface area contributed by atoms with E-state index in [4.69, 9.17) is 23.2 Å². The SMILES string of the molecule is CC1CN(Cc2ccc(Cl)c(Cl)c2)C(CO)CN1. The van der Waals surface area contributed by atoms with Gasteiger partial charge in [0.2, 0.25) is 0 Å². The molecule has 3 nitrogen and oxygen atoms in total. The van der Waals surface area contributed by atoms with Gasteiger partial charge in [-0.25, -0.2) is 0 Å². The molecule has 1 aliphatic rings. The number of hydrogen-bond donors (Lipinski definition) is 2. The number of nitrogens with zero attached hydrogens (tertiary/aromatic N) is 1. The maximum atomic E-state index is 9.40. The maximum absolute atomic E-state index is 9.40. The molecular formula is C13H18Cl2N2O. The molecular weight excluding hydrogens is 271 g/mol. The summed E-state index contributed by atoms with van der Waals surface area (Å²) < 4.78 is 0. The fourth-order valence-corrected chi connectivity index (χ4v) is 2.60. The van der Waals surface area contributed by atoms with E-state index in [-0.39, 0.29) is 12.6 Å². The first kappa shape index (κ1) is 14.1. The second-order valence-electron chi connectivity index (χ2n) is 4.82. The van der Waals surface area contributed by atoms with Crippen molar-refractivity contribution in [1.82, 2.24) is 10.2 Å². The van der Waals surface area contributed by atoms with Gasteiger partial charge in [0.05, 0.1) is 16.7 Å². The zero-order chi connectivity index (χ0) is 13.1. The summed E-state index contributed by atoms with van der Waals surface area (Å²) in [5, 5.41) is 13.9. The third-order valence-electron chi connectivity index (χ3n) is 3.31. The van der Waals surface area contributed by atoms with Gasteiger partial charge in [-0.2, -0.15) is 0 Å². The summed E-state index contributed by atoms with van der Waals surface area (Å²) in [5.74, 6) is 0. The van der Waals surface area contributed by atoms with Crippen molar-refractivity contribution in [3.63, 3.8) is 0 Å². The van der Waals surface area contributed by atoms with Crippen LogP contribution in [0.2, 0.25) is 10.0 Å². The van der Waals surface area contributed by atoms with E-state index < -0.39 is 0 Å². The minimum atomic E-state index is 0.163. The van der Waals surface area contributed by atoms with Gasteiger partial charge < -0.3 is 10.4 Å². The quantitative estimate of drug-likeness (QED) is 0.895. The predicted octanol–water partition coefficient (Wildman–Crippen LogP) is 2.15. The number of hydrogen-bond acceptors (Lipinski definition) is 3. The second kappa shape index (κ2) is 6.22. The lowest BCUT2D eigenvalue weighted by Gasteiger charge is -2.38. The minimum absolute atomic E-state index is 0.163. The summed E-state index contributed by atoms with van der Waals surface area (Å²) in [5.41, 5.74) is 1.12. The Balaban J connectivity index is 2.08. The fourth-order valence-electron chi connectivity index (χ4n) is 2.28. The maximum Gasteiger partial charge on any atom is 0.0599 e. The predicted molar refractivity (Wildman–Crippen MR) is 75.2 cm³/mol. The highest BCUT2D eigenvalue weighted by atomic mass is 35.5. The van der Waals surface area contributed by atoms with E-state index in [0.29, 0.717) is 16.1 Å². The van der Waals surface area contributed by atoms with Crippen LogP contribution in [0.1, 0.15) is 12.5 Å². The molecule has 1 aliphatic heterocycles. The lowest BCUT2D eigenvalue weighted by molar-refractivity contribution is 0.0781. The lowest BCUT2D eigenvalue weighted by Crippen LogP contribution is -2.56. The number of aliphatic hydroxyl groups is 1. The van der Waals surface area contributed by atoms with E-state index in [1.54, 1.807) is 0 Å². The van der Waals surface area contributed by atoms with E-state index >= 15 is 0 Å². The molecule has 1 heterocycles. The van der Waals surface area contributed by atoms with Gasteiger partial charge in [-0.3, -0.25) is 4.90 Å². The molecule has 0 radical (unpaired) electrons. The third-order valence-corrected chi connectivity index (χ3v) is 4.05. The molecule has 0 amide bonds. The van der Waals surface area contributed by atoms with Crippen LogP contribution in [0.15, 0.2) is 18.2 Å². The first-order valence-corrected chi connectivity index (χ1v) is 6.88. The van der Waals surface area contributed by atoms with Gasteiger partial charge in [-0.15, -0.1) is 0 Å².